The largest absolute Gasteiger partial charge is 0.490 e. The molecular formula is C32H32N6O3. The second-order valence-corrected chi connectivity index (χ2v) is 10.5. The fraction of sp³-hybridized carbons (Fsp3) is 0.344. The number of benzene rings is 2. The SMILES string of the molecule is N#Cc1ccc(CN2CCC(NC(=O)c3ccc(C(=O)N4CCC(Oc5cccc(C#N)c5)CC4)cn3)CC2)cc1. The van der Waals surface area contributed by atoms with Crippen molar-refractivity contribution < 1.29 is 14.3 Å². The molecule has 2 fully saturated rings. The Morgan fingerprint density at radius 2 is 1.63 bits per heavy atom. The number of nitrogens with one attached hydrogen (secondary N) is 1. The van der Waals surface area contributed by atoms with Gasteiger partial charge in [0.1, 0.15) is 17.5 Å². The number of carbonyl (C=O) groups excluding carboxylic acids is 2. The topological polar surface area (TPSA) is 122 Å². The van der Waals surface area contributed by atoms with Crippen LogP contribution in [-0.2, 0) is 6.54 Å². The number of nitrogens with zero attached hydrogens (tertiary/aromatic N) is 5. The number of rotatable bonds is 7. The number of nitriles is 2. The van der Waals surface area contributed by atoms with E-state index in [-0.39, 0.29) is 24.0 Å². The maximum Gasteiger partial charge on any atom is 0.270 e. The molecular weight excluding hydrogens is 516 g/mol. The second-order valence-electron chi connectivity index (χ2n) is 10.5. The van der Waals surface area contributed by atoms with E-state index in [9.17, 15) is 9.59 Å². The van der Waals surface area contributed by atoms with Gasteiger partial charge in [0.15, 0.2) is 0 Å². The number of hydrogen-bond donors (Lipinski definition) is 1. The summed E-state index contributed by atoms with van der Waals surface area (Å²) in [4.78, 5) is 34.3. The average molecular weight is 549 g/mol. The molecule has 2 aromatic carbocycles. The summed E-state index contributed by atoms with van der Waals surface area (Å²) in [6.07, 6.45) is 4.56. The van der Waals surface area contributed by atoms with Crippen LogP contribution in [0.2, 0.25) is 0 Å². The summed E-state index contributed by atoms with van der Waals surface area (Å²) in [5.74, 6) is 0.331. The van der Waals surface area contributed by atoms with Crippen LogP contribution in [-0.4, -0.2) is 64.9 Å². The van der Waals surface area contributed by atoms with E-state index < -0.39 is 0 Å². The lowest BCUT2D eigenvalue weighted by atomic mass is 10.0. The zero-order chi connectivity index (χ0) is 28.6. The lowest BCUT2D eigenvalue weighted by molar-refractivity contribution is 0.0594. The summed E-state index contributed by atoms with van der Waals surface area (Å²) in [6.45, 7) is 3.70. The molecule has 2 aliphatic rings. The van der Waals surface area contributed by atoms with Gasteiger partial charge in [0.2, 0.25) is 0 Å². The first-order valence-electron chi connectivity index (χ1n) is 13.9. The molecule has 41 heavy (non-hydrogen) atoms. The molecule has 0 saturated carbocycles. The second kappa shape index (κ2) is 13.1. The molecule has 0 aliphatic carbocycles. The van der Waals surface area contributed by atoms with Crippen LogP contribution >= 0.6 is 0 Å². The van der Waals surface area contributed by atoms with Crippen molar-refractivity contribution in [1.82, 2.24) is 20.1 Å². The van der Waals surface area contributed by atoms with Crippen LogP contribution in [0, 0.1) is 22.7 Å². The zero-order valence-electron chi connectivity index (χ0n) is 22.8. The third kappa shape index (κ3) is 7.27. The predicted molar refractivity (Wildman–Crippen MR) is 152 cm³/mol. The molecule has 3 aromatic rings. The van der Waals surface area contributed by atoms with Gasteiger partial charge in [0.05, 0.1) is 28.8 Å². The van der Waals surface area contributed by atoms with Gasteiger partial charge < -0.3 is 15.0 Å². The molecule has 0 spiro atoms. The monoisotopic (exact) mass is 548 g/mol. The molecule has 0 atom stereocenters. The Balaban J connectivity index is 1.05. The van der Waals surface area contributed by atoms with E-state index in [0.717, 1.165) is 32.5 Å². The van der Waals surface area contributed by atoms with Crippen LogP contribution in [0.4, 0.5) is 0 Å². The summed E-state index contributed by atoms with van der Waals surface area (Å²) >= 11 is 0. The molecule has 208 valence electrons. The van der Waals surface area contributed by atoms with Crippen molar-refractivity contribution in [3.63, 3.8) is 0 Å². The highest BCUT2D eigenvalue weighted by Gasteiger charge is 2.26. The van der Waals surface area contributed by atoms with Crippen molar-refractivity contribution in [3.05, 3.63) is 94.8 Å². The number of piperidine rings is 2. The quantitative estimate of drug-likeness (QED) is 0.475. The fourth-order valence-electron chi connectivity index (χ4n) is 5.28. The Morgan fingerprint density at radius 3 is 2.29 bits per heavy atom. The minimum Gasteiger partial charge on any atom is -0.490 e. The Labute approximate surface area is 240 Å². The van der Waals surface area contributed by atoms with Crippen LogP contribution in [0.1, 0.15) is 63.2 Å². The van der Waals surface area contributed by atoms with E-state index in [0.29, 0.717) is 54.1 Å². The van der Waals surface area contributed by atoms with E-state index >= 15 is 0 Å². The van der Waals surface area contributed by atoms with Gasteiger partial charge in [-0.1, -0.05) is 18.2 Å². The number of likely N-dealkylation sites (tertiary alicyclic amines) is 2. The number of carbonyl (C=O) groups is 2. The zero-order valence-corrected chi connectivity index (χ0v) is 22.8. The molecule has 5 rings (SSSR count). The summed E-state index contributed by atoms with van der Waals surface area (Å²) in [7, 11) is 0. The Morgan fingerprint density at radius 1 is 0.902 bits per heavy atom. The Bertz CT molecular complexity index is 1440. The summed E-state index contributed by atoms with van der Waals surface area (Å²) in [5.41, 5.74) is 3.14. The fourth-order valence-corrected chi connectivity index (χ4v) is 5.28. The van der Waals surface area contributed by atoms with E-state index in [4.69, 9.17) is 15.3 Å². The van der Waals surface area contributed by atoms with Gasteiger partial charge in [0.25, 0.3) is 11.8 Å². The minimum atomic E-state index is -0.229. The van der Waals surface area contributed by atoms with Crippen LogP contribution in [0.25, 0.3) is 0 Å². The molecule has 0 unspecified atom stereocenters. The third-order valence-corrected chi connectivity index (χ3v) is 7.65. The van der Waals surface area contributed by atoms with Crippen molar-refractivity contribution in [3.8, 4) is 17.9 Å². The minimum absolute atomic E-state index is 0.0139. The molecule has 3 heterocycles. The van der Waals surface area contributed by atoms with Gasteiger partial charge in [-0.2, -0.15) is 10.5 Å². The van der Waals surface area contributed by atoms with Crippen molar-refractivity contribution in [1.29, 1.82) is 10.5 Å². The van der Waals surface area contributed by atoms with Gasteiger partial charge in [0, 0.05) is 57.8 Å². The maximum atomic E-state index is 13.0. The Hall–Kier alpha value is -4.73. The lowest BCUT2D eigenvalue weighted by Crippen LogP contribution is -2.44. The van der Waals surface area contributed by atoms with Crippen molar-refractivity contribution in [2.24, 2.45) is 0 Å². The molecule has 9 heteroatoms. The number of amides is 2. The van der Waals surface area contributed by atoms with Crippen LogP contribution in [0.3, 0.4) is 0 Å². The molecule has 0 radical (unpaired) electrons. The smallest absolute Gasteiger partial charge is 0.270 e. The van der Waals surface area contributed by atoms with Crippen molar-refractivity contribution in [2.75, 3.05) is 26.2 Å². The highest BCUT2D eigenvalue weighted by atomic mass is 16.5. The first-order valence-corrected chi connectivity index (χ1v) is 13.9. The summed E-state index contributed by atoms with van der Waals surface area (Å²) in [5, 5.41) is 21.1. The standard InChI is InChI=1S/C32H32N6O3/c33-19-23-4-6-24(7-5-23)22-37-14-10-27(11-15-37)36-31(39)30-9-8-26(21-35-30)32(40)38-16-12-28(13-17-38)41-29-3-1-2-25(18-29)20-34/h1-9,18,21,27-28H,10-17,22H2,(H,36,39). The van der Waals surface area contributed by atoms with Crippen molar-refractivity contribution >= 4 is 11.8 Å². The van der Waals surface area contributed by atoms with Crippen LogP contribution in [0.5, 0.6) is 5.75 Å². The Kier molecular flexibility index (Phi) is 8.88. The molecule has 2 saturated heterocycles. The van der Waals surface area contributed by atoms with Crippen LogP contribution in [0.15, 0.2) is 66.9 Å². The van der Waals surface area contributed by atoms with E-state index in [1.54, 1.807) is 35.2 Å². The molecule has 2 aliphatic heterocycles. The number of pyridine rings is 1. The van der Waals surface area contributed by atoms with Gasteiger partial charge >= 0.3 is 0 Å². The summed E-state index contributed by atoms with van der Waals surface area (Å²) < 4.78 is 6.02. The number of hydrogen-bond acceptors (Lipinski definition) is 7. The lowest BCUT2D eigenvalue weighted by Gasteiger charge is -2.32. The summed E-state index contributed by atoms with van der Waals surface area (Å²) in [6, 6.07) is 22.4. The van der Waals surface area contributed by atoms with E-state index in [1.807, 2.05) is 30.3 Å². The number of ether oxygens (including phenoxy) is 1. The van der Waals surface area contributed by atoms with Gasteiger partial charge in [-0.3, -0.25) is 19.5 Å². The molecule has 0 bridgehead atoms. The van der Waals surface area contributed by atoms with E-state index in [1.165, 1.54) is 11.8 Å². The van der Waals surface area contributed by atoms with Gasteiger partial charge in [-0.05, 0) is 60.9 Å². The average Bonchev–Trinajstić information content (AvgIpc) is 3.02. The normalized spacial score (nSPS) is 16.4. The molecule has 2 amide bonds. The molecule has 1 aromatic heterocycles. The highest BCUT2D eigenvalue weighted by molar-refractivity contribution is 5.96. The highest BCUT2D eigenvalue weighted by Crippen LogP contribution is 2.21. The molecule has 9 nitrogen and oxygen atoms in total. The predicted octanol–water partition coefficient (Wildman–Crippen LogP) is 3.90. The van der Waals surface area contributed by atoms with Gasteiger partial charge in [-0.15, -0.1) is 0 Å². The maximum absolute atomic E-state index is 13.0. The molecule has 1 N–H and O–H groups in total. The van der Waals surface area contributed by atoms with E-state index in [2.05, 4.69) is 27.3 Å². The number of aromatic nitrogens is 1. The first kappa shape index (κ1) is 27.8. The third-order valence-electron chi connectivity index (χ3n) is 7.65. The van der Waals surface area contributed by atoms with Crippen molar-refractivity contribution in [2.45, 2.75) is 44.4 Å². The van der Waals surface area contributed by atoms with Gasteiger partial charge in [-0.25, -0.2) is 0 Å². The van der Waals surface area contributed by atoms with Crippen LogP contribution < -0.4 is 10.1 Å². The first-order chi connectivity index (χ1) is 20.0.